The van der Waals surface area contributed by atoms with Crippen LogP contribution in [-0.2, 0) is 4.74 Å². The van der Waals surface area contributed by atoms with Crippen LogP contribution < -0.4 is 10.2 Å². The van der Waals surface area contributed by atoms with Crippen LogP contribution in [0.3, 0.4) is 0 Å². The molecule has 0 aromatic heterocycles. The van der Waals surface area contributed by atoms with E-state index in [2.05, 4.69) is 58.2 Å². The van der Waals surface area contributed by atoms with Crippen LogP contribution in [0, 0.1) is 12.3 Å². The molecular weight excluding hydrogens is 324 g/mol. The first kappa shape index (κ1) is 19.0. The van der Waals surface area contributed by atoms with Crippen LogP contribution in [0.4, 0.5) is 5.69 Å². The average molecular weight is 359 g/mol. The molecule has 5 nitrogen and oxygen atoms in total. The highest BCUT2D eigenvalue weighted by molar-refractivity contribution is 5.80. The molecule has 26 heavy (non-hydrogen) atoms. The van der Waals surface area contributed by atoms with E-state index in [1.54, 1.807) is 0 Å². The summed E-state index contributed by atoms with van der Waals surface area (Å²) in [6.45, 7) is 11.0. The third kappa shape index (κ3) is 4.91. The normalized spacial score (nSPS) is 19.6. The first-order valence-corrected chi connectivity index (χ1v) is 10.0. The number of nitrogens with one attached hydrogen (secondary N) is 1. The Labute approximate surface area is 158 Å². The van der Waals surface area contributed by atoms with Gasteiger partial charge in [-0.1, -0.05) is 12.1 Å². The van der Waals surface area contributed by atoms with Gasteiger partial charge in [0.2, 0.25) is 0 Å². The topological polar surface area (TPSA) is 40.1 Å². The number of ether oxygens (including phenoxy) is 1. The second-order valence-corrected chi connectivity index (χ2v) is 7.66. The van der Waals surface area contributed by atoms with Gasteiger partial charge in [0.15, 0.2) is 5.96 Å². The van der Waals surface area contributed by atoms with Gasteiger partial charge < -0.3 is 19.9 Å². The van der Waals surface area contributed by atoms with E-state index >= 15 is 0 Å². The van der Waals surface area contributed by atoms with Crippen molar-refractivity contribution in [3.63, 3.8) is 0 Å². The molecule has 3 rings (SSSR count). The molecule has 1 heterocycles. The average Bonchev–Trinajstić information content (AvgIpc) is 3.43. The summed E-state index contributed by atoms with van der Waals surface area (Å²) in [6, 6.07) is 8.79. The molecule has 0 bridgehead atoms. The molecule has 1 aliphatic carbocycles. The number of hydrogen-bond donors (Lipinski definition) is 1. The van der Waals surface area contributed by atoms with Crippen LogP contribution in [0.25, 0.3) is 0 Å². The highest BCUT2D eigenvalue weighted by Gasteiger charge is 2.42. The highest BCUT2D eigenvalue weighted by Crippen LogP contribution is 2.48. The highest BCUT2D eigenvalue weighted by atomic mass is 16.5. The van der Waals surface area contributed by atoms with Gasteiger partial charge in [-0.2, -0.15) is 0 Å². The standard InChI is InChI=1S/C21H34N4O/c1-4-26-15-10-21(8-9-21)17-23-20(22-3)25-13-11-24(12-14-25)19-7-5-6-18(2)16-19/h5-7,16H,4,8-15,17H2,1-3H3,(H,22,23). The molecule has 144 valence electrons. The third-order valence-electron chi connectivity index (χ3n) is 5.72. The van der Waals surface area contributed by atoms with Crippen LogP contribution in [0.2, 0.25) is 0 Å². The van der Waals surface area contributed by atoms with Crippen LogP contribution in [0.15, 0.2) is 29.3 Å². The second-order valence-electron chi connectivity index (χ2n) is 7.66. The Morgan fingerprint density at radius 3 is 2.62 bits per heavy atom. The van der Waals surface area contributed by atoms with Crippen molar-refractivity contribution in [3.8, 4) is 0 Å². The summed E-state index contributed by atoms with van der Waals surface area (Å²) in [4.78, 5) is 9.40. The summed E-state index contributed by atoms with van der Waals surface area (Å²) >= 11 is 0. The predicted molar refractivity (Wildman–Crippen MR) is 109 cm³/mol. The lowest BCUT2D eigenvalue weighted by Gasteiger charge is -2.38. The number of piperazine rings is 1. The van der Waals surface area contributed by atoms with Gasteiger partial charge in [-0.25, -0.2) is 0 Å². The number of hydrogen-bond acceptors (Lipinski definition) is 3. The quantitative estimate of drug-likeness (QED) is 0.462. The van der Waals surface area contributed by atoms with E-state index in [0.717, 1.165) is 58.3 Å². The zero-order chi connectivity index (χ0) is 18.4. The maximum atomic E-state index is 5.55. The Bertz CT molecular complexity index is 604. The summed E-state index contributed by atoms with van der Waals surface area (Å²) < 4.78 is 5.55. The molecule has 2 fully saturated rings. The fourth-order valence-corrected chi connectivity index (χ4v) is 3.72. The van der Waals surface area contributed by atoms with Gasteiger partial charge in [0.25, 0.3) is 0 Å². The van der Waals surface area contributed by atoms with Crippen molar-refractivity contribution >= 4 is 11.6 Å². The Morgan fingerprint density at radius 2 is 2.00 bits per heavy atom. The van der Waals surface area contributed by atoms with Crippen molar-refractivity contribution in [1.29, 1.82) is 0 Å². The summed E-state index contributed by atoms with van der Waals surface area (Å²) in [5, 5.41) is 3.63. The summed E-state index contributed by atoms with van der Waals surface area (Å²) in [5.74, 6) is 1.05. The lowest BCUT2D eigenvalue weighted by Crippen LogP contribution is -2.53. The van der Waals surface area contributed by atoms with Crippen molar-refractivity contribution < 1.29 is 4.74 Å². The van der Waals surface area contributed by atoms with Crippen molar-refractivity contribution in [1.82, 2.24) is 10.2 Å². The molecule has 0 unspecified atom stereocenters. The first-order valence-electron chi connectivity index (χ1n) is 10.0. The Morgan fingerprint density at radius 1 is 1.23 bits per heavy atom. The van der Waals surface area contributed by atoms with Gasteiger partial charge in [-0.15, -0.1) is 0 Å². The van der Waals surface area contributed by atoms with E-state index in [1.165, 1.54) is 24.1 Å². The Hall–Kier alpha value is -1.75. The van der Waals surface area contributed by atoms with E-state index in [9.17, 15) is 0 Å². The molecule has 0 atom stereocenters. The third-order valence-corrected chi connectivity index (χ3v) is 5.72. The van der Waals surface area contributed by atoms with Crippen LogP contribution in [-0.4, -0.2) is 63.8 Å². The van der Waals surface area contributed by atoms with Gasteiger partial charge >= 0.3 is 0 Å². The molecule has 1 aliphatic heterocycles. The summed E-state index contributed by atoms with van der Waals surface area (Å²) in [5.41, 5.74) is 3.10. The fraction of sp³-hybridized carbons (Fsp3) is 0.667. The SMILES string of the molecule is CCOCCC1(CNC(=NC)N2CCN(c3cccc(C)c3)CC2)CC1. The maximum absolute atomic E-state index is 5.55. The lowest BCUT2D eigenvalue weighted by molar-refractivity contribution is 0.128. The number of aryl methyl sites for hydroxylation is 1. The minimum absolute atomic E-state index is 0.439. The number of rotatable bonds is 7. The molecule has 0 amide bonds. The zero-order valence-corrected chi connectivity index (χ0v) is 16.6. The predicted octanol–water partition coefficient (Wildman–Crippen LogP) is 2.90. The molecular formula is C21H34N4O. The number of guanidine groups is 1. The monoisotopic (exact) mass is 358 g/mol. The van der Waals surface area contributed by atoms with E-state index in [-0.39, 0.29) is 0 Å². The van der Waals surface area contributed by atoms with Gasteiger partial charge in [0.05, 0.1) is 0 Å². The molecule has 5 heteroatoms. The summed E-state index contributed by atoms with van der Waals surface area (Å²) in [7, 11) is 1.90. The van der Waals surface area contributed by atoms with Crippen LogP contribution in [0.1, 0.15) is 31.7 Å². The molecule has 0 radical (unpaired) electrons. The smallest absolute Gasteiger partial charge is 0.193 e. The molecule has 2 aliphatic rings. The molecule has 1 saturated heterocycles. The van der Waals surface area contributed by atoms with Gasteiger partial charge in [-0.3, -0.25) is 4.99 Å². The maximum Gasteiger partial charge on any atom is 0.193 e. The Balaban J connectivity index is 1.47. The molecule has 1 aromatic rings. The number of nitrogens with zero attached hydrogens (tertiary/aromatic N) is 3. The van der Waals surface area contributed by atoms with Crippen molar-refractivity contribution in [3.05, 3.63) is 29.8 Å². The first-order chi connectivity index (χ1) is 12.7. The number of anilines is 1. The lowest BCUT2D eigenvalue weighted by atomic mass is 10.0. The molecule has 1 saturated carbocycles. The van der Waals surface area contributed by atoms with Crippen molar-refractivity contribution in [2.24, 2.45) is 10.4 Å². The molecule has 0 spiro atoms. The molecule has 1 aromatic carbocycles. The van der Waals surface area contributed by atoms with Gasteiger partial charge in [0.1, 0.15) is 0 Å². The van der Waals surface area contributed by atoms with E-state index in [0.29, 0.717) is 5.41 Å². The van der Waals surface area contributed by atoms with Gasteiger partial charge in [0, 0.05) is 58.7 Å². The zero-order valence-electron chi connectivity index (χ0n) is 16.6. The van der Waals surface area contributed by atoms with Gasteiger partial charge in [-0.05, 0) is 56.2 Å². The summed E-state index contributed by atoms with van der Waals surface area (Å²) in [6.07, 6.45) is 3.78. The van der Waals surface area contributed by atoms with Crippen LogP contribution in [0.5, 0.6) is 0 Å². The second kappa shape index (κ2) is 8.76. The van der Waals surface area contributed by atoms with E-state index in [4.69, 9.17) is 4.74 Å². The van der Waals surface area contributed by atoms with Crippen molar-refractivity contribution in [2.45, 2.75) is 33.1 Å². The van der Waals surface area contributed by atoms with Crippen LogP contribution >= 0.6 is 0 Å². The fourth-order valence-electron chi connectivity index (χ4n) is 3.72. The minimum Gasteiger partial charge on any atom is -0.382 e. The largest absolute Gasteiger partial charge is 0.382 e. The molecule has 1 N–H and O–H groups in total. The number of benzene rings is 1. The van der Waals surface area contributed by atoms with E-state index in [1.807, 2.05) is 7.05 Å². The van der Waals surface area contributed by atoms with Crippen molar-refractivity contribution in [2.75, 3.05) is 57.9 Å². The Kier molecular flexibility index (Phi) is 6.41. The number of aliphatic imine (C=N–C) groups is 1. The minimum atomic E-state index is 0.439. The van der Waals surface area contributed by atoms with E-state index < -0.39 is 0 Å².